The van der Waals surface area contributed by atoms with Gasteiger partial charge < -0.3 is 15.3 Å². The number of carbonyl (C=O) groups excluding carboxylic acids is 1. The van der Waals surface area contributed by atoms with E-state index in [2.05, 4.69) is 22.2 Å². The van der Waals surface area contributed by atoms with Crippen LogP contribution >= 0.6 is 0 Å². The first-order valence-corrected chi connectivity index (χ1v) is 9.98. The zero-order chi connectivity index (χ0) is 20.6. The Morgan fingerprint density at radius 2 is 2.07 bits per heavy atom. The highest BCUT2D eigenvalue weighted by Crippen LogP contribution is 2.17. The van der Waals surface area contributed by atoms with E-state index in [4.69, 9.17) is 5.11 Å². The van der Waals surface area contributed by atoms with Gasteiger partial charge in [-0.25, -0.2) is 9.59 Å². The SMILES string of the molecule is CN(Cc1ccccn1)C1CCCN(C(=O)NCc2cccc(C(=O)O)c2)CC1. The molecule has 7 nitrogen and oxygen atoms in total. The molecule has 0 bridgehead atoms. The van der Waals surface area contributed by atoms with Crippen molar-refractivity contribution in [2.24, 2.45) is 0 Å². The molecule has 0 saturated carbocycles. The molecule has 7 heteroatoms. The Morgan fingerprint density at radius 3 is 2.83 bits per heavy atom. The van der Waals surface area contributed by atoms with Crippen molar-refractivity contribution in [1.29, 1.82) is 0 Å². The second-order valence-electron chi connectivity index (χ2n) is 7.47. The molecule has 1 aliphatic rings. The zero-order valence-corrected chi connectivity index (χ0v) is 16.8. The molecular formula is C22H28N4O3. The number of aromatic carboxylic acids is 1. The second-order valence-corrected chi connectivity index (χ2v) is 7.47. The number of aromatic nitrogens is 1. The van der Waals surface area contributed by atoms with Gasteiger partial charge in [0.05, 0.1) is 11.3 Å². The van der Waals surface area contributed by atoms with Gasteiger partial charge in [0.15, 0.2) is 0 Å². The number of nitrogens with one attached hydrogen (secondary N) is 1. The molecule has 2 aromatic rings. The minimum Gasteiger partial charge on any atom is -0.478 e. The molecule has 1 unspecified atom stereocenters. The lowest BCUT2D eigenvalue weighted by Gasteiger charge is -2.27. The van der Waals surface area contributed by atoms with E-state index in [1.807, 2.05) is 35.4 Å². The molecule has 29 heavy (non-hydrogen) atoms. The van der Waals surface area contributed by atoms with Gasteiger partial charge in [0.25, 0.3) is 0 Å². The summed E-state index contributed by atoms with van der Waals surface area (Å²) in [5.74, 6) is -0.966. The highest BCUT2D eigenvalue weighted by Gasteiger charge is 2.23. The number of rotatable bonds is 6. The van der Waals surface area contributed by atoms with E-state index < -0.39 is 5.97 Å². The molecule has 1 saturated heterocycles. The molecule has 1 aromatic carbocycles. The van der Waals surface area contributed by atoms with Crippen LogP contribution in [0, 0.1) is 0 Å². The van der Waals surface area contributed by atoms with Crippen molar-refractivity contribution < 1.29 is 14.7 Å². The van der Waals surface area contributed by atoms with E-state index in [1.54, 1.807) is 18.2 Å². The van der Waals surface area contributed by atoms with Crippen molar-refractivity contribution >= 4 is 12.0 Å². The highest BCUT2D eigenvalue weighted by atomic mass is 16.4. The van der Waals surface area contributed by atoms with Gasteiger partial charge in [0, 0.05) is 38.4 Å². The van der Waals surface area contributed by atoms with Crippen LogP contribution in [0.1, 0.15) is 40.9 Å². The van der Waals surface area contributed by atoms with Gasteiger partial charge >= 0.3 is 12.0 Å². The van der Waals surface area contributed by atoms with Crippen molar-refractivity contribution in [3.63, 3.8) is 0 Å². The van der Waals surface area contributed by atoms with Crippen LogP contribution in [0.25, 0.3) is 0 Å². The Bertz CT molecular complexity index is 828. The van der Waals surface area contributed by atoms with Crippen LogP contribution in [0.4, 0.5) is 4.79 Å². The molecule has 0 spiro atoms. The minimum absolute atomic E-state index is 0.0984. The third-order valence-corrected chi connectivity index (χ3v) is 5.36. The zero-order valence-electron chi connectivity index (χ0n) is 16.8. The smallest absolute Gasteiger partial charge is 0.335 e. The van der Waals surface area contributed by atoms with Crippen molar-refractivity contribution in [2.75, 3.05) is 20.1 Å². The van der Waals surface area contributed by atoms with Crippen LogP contribution in [0.5, 0.6) is 0 Å². The number of amides is 2. The third kappa shape index (κ3) is 6.02. The molecule has 2 heterocycles. The Hall–Kier alpha value is -2.93. The fraction of sp³-hybridized carbons (Fsp3) is 0.409. The summed E-state index contributed by atoms with van der Waals surface area (Å²) >= 11 is 0. The molecule has 154 valence electrons. The molecular weight excluding hydrogens is 368 g/mol. The normalized spacial score (nSPS) is 17.0. The lowest BCUT2D eigenvalue weighted by Crippen LogP contribution is -2.40. The predicted octanol–water partition coefficient (Wildman–Crippen LogP) is 2.98. The Labute approximate surface area is 171 Å². The number of carboxylic acid groups (broad SMARTS) is 1. The van der Waals surface area contributed by atoms with Gasteiger partial charge in [0.1, 0.15) is 0 Å². The predicted molar refractivity (Wildman–Crippen MR) is 111 cm³/mol. The number of urea groups is 1. The number of carbonyl (C=O) groups is 2. The van der Waals surface area contributed by atoms with Gasteiger partial charge in [0.2, 0.25) is 0 Å². The molecule has 0 aliphatic carbocycles. The average Bonchev–Trinajstić information content (AvgIpc) is 2.99. The summed E-state index contributed by atoms with van der Waals surface area (Å²) in [5.41, 5.74) is 2.06. The summed E-state index contributed by atoms with van der Waals surface area (Å²) in [5, 5.41) is 12.0. The van der Waals surface area contributed by atoms with Gasteiger partial charge in [-0.1, -0.05) is 18.2 Å². The van der Waals surface area contributed by atoms with Gasteiger partial charge in [-0.05, 0) is 56.1 Å². The quantitative estimate of drug-likeness (QED) is 0.784. The number of nitrogens with zero attached hydrogens (tertiary/aromatic N) is 3. The fourth-order valence-electron chi connectivity index (χ4n) is 3.70. The van der Waals surface area contributed by atoms with E-state index >= 15 is 0 Å². The number of hydrogen-bond acceptors (Lipinski definition) is 4. The van der Waals surface area contributed by atoms with Crippen molar-refractivity contribution in [3.8, 4) is 0 Å². The molecule has 1 atom stereocenters. The van der Waals surface area contributed by atoms with Crippen LogP contribution in [0.15, 0.2) is 48.7 Å². The Morgan fingerprint density at radius 1 is 1.21 bits per heavy atom. The Kier molecular flexibility index (Phi) is 7.19. The third-order valence-electron chi connectivity index (χ3n) is 5.36. The van der Waals surface area contributed by atoms with E-state index in [9.17, 15) is 9.59 Å². The van der Waals surface area contributed by atoms with Crippen molar-refractivity contribution in [3.05, 3.63) is 65.5 Å². The summed E-state index contributed by atoms with van der Waals surface area (Å²) in [4.78, 5) is 32.2. The first-order valence-electron chi connectivity index (χ1n) is 9.98. The topological polar surface area (TPSA) is 85.8 Å². The summed E-state index contributed by atoms with van der Waals surface area (Å²) in [7, 11) is 2.12. The lowest BCUT2D eigenvalue weighted by molar-refractivity contribution is 0.0696. The summed E-state index contributed by atoms with van der Waals surface area (Å²) < 4.78 is 0. The number of likely N-dealkylation sites (tertiary alicyclic amines) is 1. The van der Waals surface area contributed by atoms with Gasteiger partial charge in [-0.15, -0.1) is 0 Å². The standard InChI is InChI=1S/C22H28N4O3/c1-25(16-19-8-2-3-11-23-19)20-9-5-12-26(13-10-20)22(29)24-15-17-6-4-7-18(14-17)21(27)28/h2-4,6-8,11,14,20H,5,9-10,12-13,15-16H2,1H3,(H,24,29)(H,27,28). The maximum absolute atomic E-state index is 12.6. The van der Waals surface area contributed by atoms with E-state index in [-0.39, 0.29) is 11.6 Å². The molecule has 1 fully saturated rings. The number of hydrogen-bond donors (Lipinski definition) is 2. The molecule has 0 radical (unpaired) electrons. The number of benzene rings is 1. The molecule has 1 aromatic heterocycles. The summed E-state index contributed by atoms with van der Waals surface area (Å²) in [6.45, 7) is 2.56. The number of carboxylic acids is 1. The minimum atomic E-state index is -0.966. The van der Waals surface area contributed by atoms with Crippen LogP contribution in [-0.4, -0.2) is 58.1 Å². The van der Waals surface area contributed by atoms with Crippen molar-refractivity contribution in [2.45, 2.75) is 38.4 Å². The molecule has 3 rings (SSSR count). The van der Waals surface area contributed by atoms with E-state index in [0.29, 0.717) is 19.1 Å². The lowest BCUT2D eigenvalue weighted by atomic mass is 10.1. The van der Waals surface area contributed by atoms with Crippen LogP contribution in [0.3, 0.4) is 0 Å². The van der Waals surface area contributed by atoms with Crippen LogP contribution in [-0.2, 0) is 13.1 Å². The largest absolute Gasteiger partial charge is 0.478 e. The molecule has 2 N–H and O–H groups in total. The van der Waals surface area contributed by atoms with Gasteiger partial charge in [-0.2, -0.15) is 0 Å². The molecule has 1 aliphatic heterocycles. The van der Waals surface area contributed by atoms with E-state index in [0.717, 1.165) is 43.6 Å². The van der Waals surface area contributed by atoms with E-state index in [1.165, 1.54) is 0 Å². The average molecular weight is 396 g/mol. The molecule has 2 amide bonds. The number of pyridine rings is 1. The maximum Gasteiger partial charge on any atom is 0.335 e. The van der Waals surface area contributed by atoms with Crippen molar-refractivity contribution in [1.82, 2.24) is 20.1 Å². The first kappa shape index (κ1) is 20.8. The fourth-order valence-corrected chi connectivity index (χ4v) is 3.70. The summed E-state index contributed by atoms with van der Waals surface area (Å²) in [6.07, 6.45) is 4.74. The first-order chi connectivity index (χ1) is 14.0. The monoisotopic (exact) mass is 396 g/mol. The highest BCUT2D eigenvalue weighted by molar-refractivity contribution is 5.87. The maximum atomic E-state index is 12.6. The van der Waals surface area contributed by atoms with Gasteiger partial charge in [-0.3, -0.25) is 9.88 Å². The Balaban J connectivity index is 1.49. The summed E-state index contributed by atoms with van der Waals surface area (Å²) in [6, 6.07) is 12.9. The van der Waals surface area contributed by atoms with Crippen LogP contribution < -0.4 is 5.32 Å². The van der Waals surface area contributed by atoms with Crippen LogP contribution in [0.2, 0.25) is 0 Å². The second kappa shape index (κ2) is 10.0.